The number of pyridine rings is 1. The Bertz CT molecular complexity index is 1890. The largest absolute Gasteiger partial charge is 0.496 e. The van der Waals surface area contributed by atoms with Crippen LogP contribution in [0.4, 0.5) is 10.9 Å². The standard InChI is InChI=1S/C29H20ClN7O4S/c1-40-23-7-6-18(30)10-20(23)19-11-24(37-8-9-41-15-25(37)38)32-13-21(19)27(39)36-29-35-26-28(42-29)34-22(14-33-26)17-4-2-16(12-31)3-5-17/h2-7,10-11,13-14H,8-9,15H2,1H3,(H,33,35,36,39). The van der Waals surface area contributed by atoms with Gasteiger partial charge in [0.2, 0.25) is 0 Å². The zero-order valence-corrected chi connectivity index (χ0v) is 23.6. The molecule has 1 saturated heterocycles. The summed E-state index contributed by atoms with van der Waals surface area (Å²) < 4.78 is 10.8. The summed E-state index contributed by atoms with van der Waals surface area (Å²) in [4.78, 5) is 46.1. The fourth-order valence-electron chi connectivity index (χ4n) is 4.44. The Labute approximate surface area is 248 Å². The van der Waals surface area contributed by atoms with Crippen LogP contribution in [-0.2, 0) is 9.53 Å². The number of halogens is 1. The number of rotatable bonds is 6. The van der Waals surface area contributed by atoms with Crippen LogP contribution in [-0.4, -0.2) is 58.6 Å². The molecule has 13 heteroatoms. The Morgan fingerprint density at radius 3 is 2.71 bits per heavy atom. The number of morpholine rings is 1. The molecule has 1 fully saturated rings. The molecule has 3 aromatic heterocycles. The second-order valence-corrected chi connectivity index (χ2v) is 10.5. The quantitative estimate of drug-likeness (QED) is 0.287. The maximum atomic E-state index is 13.6. The molecule has 0 unspecified atom stereocenters. The molecule has 0 spiro atoms. The van der Waals surface area contributed by atoms with Crippen molar-refractivity contribution < 1.29 is 19.1 Å². The first-order valence-electron chi connectivity index (χ1n) is 12.6. The van der Waals surface area contributed by atoms with E-state index in [1.165, 1.54) is 29.5 Å². The van der Waals surface area contributed by atoms with E-state index >= 15 is 0 Å². The lowest BCUT2D eigenvalue weighted by Gasteiger charge is -2.26. The lowest BCUT2D eigenvalue weighted by atomic mass is 9.99. The zero-order valence-electron chi connectivity index (χ0n) is 22.0. The predicted molar refractivity (Wildman–Crippen MR) is 158 cm³/mol. The van der Waals surface area contributed by atoms with Gasteiger partial charge in [-0.25, -0.2) is 15.0 Å². The third-order valence-corrected chi connectivity index (χ3v) is 7.59. The molecule has 0 aliphatic carbocycles. The van der Waals surface area contributed by atoms with Crippen LogP contribution in [0, 0.1) is 11.3 Å². The number of nitrogens with one attached hydrogen (secondary N) is 1. The van der Waals surface area contributed by atoms with E-state index in [9.17, 15) is 9.59 Å². The molecule has 42 heavy (non-hydrogen) atoms. The lowest BCUT2D eigenvalue weighted by Crippen LogP contribution is -2.42. The maximum absolute atomic E-state index is 13.6. The first kappa shape index (κ1) is 27.2. The van der Waals surface area contributed by atoms with Gasteiger partial charge < -0.3 is 9.47 Å². The number of benzene rings is 2. The van der Waals surface area contributed by atoms with Crippen molar-refractivity contribution in [3.05, 3.63) is 77.1 Å². The van der Waals surface area contributed by atoms with Crippen LogP contribution in [0.25, 0.3) is 32.9 Å². The highest BCUT2D eigenvalue weighted by Gasteiger charge is 2.25. The first-order chi connectivity index (χ1) is 20.4. The van der Waals surface area contributed by atoms with Gasteiger partial charge in [0.1, 0.15) is 18.2 Å². The molecule has 2 aromatic carbocycles. The van der Waals surface area contributed by atoms with Crippen LogP contribution in [0.2, 0.25) is 5.02 Å². The van der Waals surface area contributed by atoms with Crippen LogP contribution in [0.5, 0.6) is 5.75 Å². The number of amides is 2. The van der Waals surface area contributed by atoms with Gasteiger partial charge in [0.25, 0.3) is 11.8 Å². The number of nitriles is 1. The molecular weight excluding hydrogens is 578 g/mol. The minimum atomic E-state index is -0.481. The molecule has 1 aliphatic rings. The Morgan fingerprint density at radius 1 is 1.12 bits per heavy atom. The second kappa shape index (κ2) is 11.5. The van der Waals surface area contributed by atoms with Crippen molar-refractivity contribution in [2.75, 3.05) is 37.1 Å². The number of hydrogen-bond acceptors (Lipinski definition) is 10. The summed E-state index contributed by atoms with van der Waals surface area (Å²) in [5, 5.41) is 12.6. The molecule has 1 N–H and O–H groups in total. The SMILES string of the molecule is COc1ccc(Cl)cc1-c1cc(N2CCOCC2=O)ncc1C(=O)Nc1nc2ncc(-c3ccc(C#N)cc3)nc2s1. The average Bonchev–Trinajstić information content (AvgIpc) is 3.42. The molecular formula is C29H20ClN7O4S. The Balaban J connectivity index is 1.35. The van der Waals surface area contributed by atoms with Gasteiger partial charge in [0.05, 0.1) is 49.3 Å². The van der Waals surface area contributed by atoms with Gasteiger partial charge >= 0.3 is 0 Å². The van der Waals surface area contributed by atoms with Gasteiger partial charge in [-0.05, 0) is 36.4 Å². The molecule has 0 radical (unpaired) electrons. The summed E-state index contributed by atoms with van der Waals surface area (Å²) in [6.07, 6.45) is 3.00. The zero-order chi connectivity index (χ0) is 29.2. The van der Waals surface area contributed by atoms with Gasteiger partial charge in [-0.2, -0.15) is 10.2 Å². The molecule has 2 amide bonds. The molecule has 208 valence electrons. The summed E-state index contributed by atoms with van der Waals surface area (Å²) in [6, 6.07) is 15.8. The van der Waals surface area contributed by atoms with Crippen molar-refractivity contribution in [3.8, 4) is 34.2 Å². The number of carbonyl (C=O) groups excluding carboxylic acids is 2. The van der Waals surface area contributed by atoms with Crippen LogP contribution >= 0.6 is 22.9 Å². The summed E-state index contributed by atoms with van der Waals surface area (Å²) in [5.41, 5.74) is 3.58. The number of methoxy groups -OCH3 is 1. The number of fused-ring (bicyclic) bond motifs is 1. The van der Waals surface area contributed by atoms with E-state index < -0.39 is 5.91 Å². The van der Waals surface area contributed by atoms with Crippen LogP contribution in [0.3, 0.4) is 0 Å². The topological polar surface area (TPSA) is 143 Å². The summed E-state index contributed by atoms with van der Waals surface area (Å²) in [6.45, 7) is 0.657. The normalized spacial score (nSPS) is 13.2. The number of ether oxygens (including phenoxy) is 2. The highest BCUT2D eigenvalue weighted by atomic mass is 35.5. The van der Waals surface area contributed by atoms with Crippen molar-refractivity contribution in [1.82, 2.24) is 19.9 Å². The number of aromatic nitrogens is 4. The summed E-state index contributed by atoms with van der Waals surface area (Å²) >= 11 is 7.50. The van der Waals surface area contributed by atoms with E-state index in [-0.39, 0.29) is 18.1 Å². The maximum Gasteiger partial charge on any atom is 0.259 e. The van der Waals surface area contributed by atoms with E-state index in [4.69, 9.17) is 26.3 Å². The van der Waals surface area contributed by atoms with Gasteiger partial charge in [-0.15, -0.1) is 0 Å². The third kappa shape index (κ3) is 5.36. The van der Waals surface area contributed by atoms with Gasteiger partial charge in [-0.1, -0.05) is 35.1 Å². The minimum absolute atomic E-state index is 0.0493. The Hall–Kier alpha value is -4.96. The molecule has 4 heterocycles. The fourth-order valence-corrected chi connectivity index (χ4v) is 5.41. The van der Waals surface area contributed by atoms with E-state index in [0.717, 1.165) is 5.56 Å². The van der Waals surface area contributed by atoms with Gasteiger partial charge in [0, 0.05) is 27.9 Å². The monoisotopic (exact) mass is 597 g/mol. The number of hydrogen-bond donors (Lipinski definition) is 1. The molecule has 0 saturated carbocycles. The van der Waals surface area contributed by atoms with E-state index in [1.807, 2.05) is 0 Å². The van der Waals surface area contributed by atoms with Crippen molar-refractivity contribution in [3.63, 3.8) is 0 Å². The Morgan fingerprint density at radius 2 is 1.95 bits per heavy atom. The molecule has 5 aromatic rings. The van der Waals surface area contributed by atoms with E-state index in [1.54, 1.807) is 54.7 Å². The van der Waals surface area contributed by atoms with Gasteiger partial charge in [0.15, 0.2) is 15.6 Å². The fraction of sp³-hybridized carbons (Fsp3) is 0.138. The van der Waals surface area contributed by atoms with E-state index in [0.29, 0.717) is 67.7 Å². The van der Waals surface area contributed by atoms with Crippen molar-refractivity contribution >= 4 is 56.2 Å². The average molecular weight is 598 g/mol. The first-order valence-corrected chi connectivity index (χ1v) is 13.8. The molecule has 1 aliphatic heterocycles. The number of thiazole rings is 1. The highest BCUT2D eigenvalue weighted by molar-refractivity contribution is 7.21. The Kier molecular flexibility index (Phi) is 7.45. The number of nitrogens with zero attached hydrogens (tertiary/aromatic N) is 6. The third-order valence-electron chi connectivity index (χ3n) is 6.50. The summed E-state index contributed by atoms with van der Waals surface area (Å²) in [7, 11) is 1.52. The smallest absolute Gasteiger partial charge is 0.259 e. The summed E-state index contributed by atoms with van der Waals surface area (Å²) in [5.74, 6) is 0.152. The van der Waals surface area contributed by atoms with Gasteiger partial charge in [-0.3, -0.25) is 19.8 Å². The molecule has 6 rings (SSSR count). The van der Waals surface area contributed by atoms with Crippen molar-refractivity contribution in [2.45, 2.75) is 0 Å². The second-order valence-electron chi connectivity index (χ2n) is 9.08. The van der Waals surface area contributed by atoms with E-state index in [2.05, 4.69) is 31.3 Å². The number of anilines is 2. The van der Waals surface area contributed by atoms with Crippen molar-refractivity contribution in [1.29, 1.82) is 5.26 Å². The van der Waals surface area contributed by atoms with Crippen LogP contribution in [0.1, 0.15) is 15.9 Å². The lowest BCUT2D eigenvalue weighted by molar-refractivity contribution is -0.125. The van der Waals surface area contributed by atoms with Crippen LogP contribution in [0.15, 0.2) is 60.9 Å². The predicted octanol–water partition coefficient (Wildman–Crippen LogP) is 4.96. The van der Waals surface area contributed by atoms with Crippen molar-refractivity contribution in [2.24, 2.45) is 0 Å². The molecule has 0 atom stereocenters. The highest BCUT2D eigenvalue weighted by Crippen LogP contribution is 2.37. The molecule has 0 bridgehead atoms. The van der Waals surface area contributed by atoms with Crippen LogP contribution < -0.4 is 15.0 Å². The molecule has 11 nitrogen and oxygen atoms in total. The number of carbonyl (C=O) groups is 2. The minimum Gasteiger partial charge on any atom is -0.496 e.